The number of benzene rings is 1. The lowest BCUT2D eigenvalue weighted by Crippen LogP contribution is -2.15. The van der Waals surface area contributed by atoms with Crippen molar-refractivity contribution in [2.75, 3.05) is 0 Å². The molecule has 0 unspecified atom stereocenters. The standard InChI is InChI=1S/C18H12F3N5O/c1-10-8-14(25-26(10)16(27)11-4-3-7-22-9-11)12-5-2-6-13-15(12)24-17(23-13)18(19,20)21/h2-9H,1H3,(H,23,24). The highest BCUT2D eigenvalue weighted by atomic mass is 19.4. The molecule has 3 heterocycles. The summed E-state index contributed by atoms with van der Waals surface area (Å²) in [6.07, 6.45) is -1.61. The summed E-state index contributed by atoms with van der Waals surface area (Å²) in [5.41, 5.74) is 2.04. The Hall–Kier alpha value is -3.49. The normalized spacial score (nSPS) is 11.9. The number of fused-ring (bicyclic) bond motifs is 1. The molecule has 0 aliphatic rings. The number of nitrogens with one attached hydrogen (secondary N) is 1. The first kappa shape index (κ1) is 17.0. The predicted molar refractivity (Wildman–Crippen MR) is 91.0 cm³/mol. The van der Waals surface area contributed by atoms with Crippen molar-refractivity contribution >= 4 is 16.9 Å². The first-order valence-corrected chi connectivity index (χ1v) is 7.92. The summed E-state index contributed by atoms with van der Waals surface area (Å²) in [5, 5.41) is 4.28. The van der Waals surface area contributed by atoms with Crippen molar-refractivity contribution in [2.24, 2.45) is 0 Å². The quantitative estimate of drug-likeness (QED) is 0.581. The molecule has 0 aliphatic heterocycles. The van der Waals surface area contributed by atoms with Gasteiger partial charge in [-0.15, -0.1) is 0 Å². The molecule has 0 radical (unpaired) electrons. The van der Waals surface area contributed by atoms with Crippen LogP contribution in [-0.2, 0) is 6.18 Å². The Morgan fingerprint density at radius 2 is 2.00 bits per heavy atom. The van der Waals surface area contributed by atoms with E-state index in [2.05, 4.69) is 20.1 Å². The Kier molecular flexibility index (Phi) is 3.79. The summed E-state index contributed by atoms with van der Waals surface area (Å²) in [6.45, 7) is 1.69. The van der Waals surface area contributed by atoms with Gasteiger partial charge >= 0.3 is 6.18 Å². The third kappa shape index (κ3) is 2.97. The number of hydrogen-bond acceptors (Lipinski definition) is 4. The highest BCUT2D eigenvalue weighted by Crippen LogP contribution is 2.32. The van der Waals surface area contributed by atoms with E-state index in [9.17, 15) is 18.0 Å². The summed E-state index contributed by atoms with van der Waals surface area (Å²) in [7, 11) is 0. The van der Waals surface area contributed by atoms with Crippen molar-refractivity contribution in [1.29, 1.82) is 0 Å². The van der Waals surface area contributed by atoms with Crippen LogP contribution in [0.4, 0.5) is 13.2 Å². The van der Waals surface area contributed by atoms with Gasteiger partial charge in [0.1, 0.15) is 0 Å². The average molecular weight is 371 g/mol. The Bertz CT molecular complexity index is 1140. The van der Waals surface area contributed by atoms with Crippen molar-refractivity contribution in [3.8, 4) is 11.3 Å². The fourth-order valence-electron chi connectivity index (χ4n) is 2.80. The van der Waals surface area contributed by atoms with Crippen LogP contribution in [0.1, 0.15) is 21.9 Å². The molecule has 27 heavy (non-hydrogen) atoms. The number of carbonyl (C=O) groups excluding carboxylic acids is 1. The van der Waals surface area contributed by atoms with E-state index in [4.69, 9.17) is 0 Å². The maximum Gasteiger partial charge on any atom is 0.449 e. The lowest BCUT2D eigenvalue weighted by Gasteiger charge is -2.02. The maximum atomic E-state index is 13.0. The third-order valence-corrected chi connectivity index (χ3v) is 4.05. The zero-order valence-electron chi connectivity index (χ0n) is 13.9. The first-order chi connectivity index (χ1) is 12.8. The molecule has 1 N–H and O–H groups in total. The molecular formula is C18H12F3N5O. The van der Waals surface area contributed by atoms with Gasteiger partial charge < -0.3 is 4.98 Å². The molecule has 0 fully saturated rings. The Morgan fingerprint density at radius 3 is 2.70 bits per heavy atom. The van der Waals surface area contributed by atoms with E-state index in [1.54, 1.807) is 43.5 Å². The maximum absolute atomic E-state index is 13.0. The first-order valence-electron chi connectivity index (χ1n) is 7.92. The number of carbonyl (C=O) groups is 1. The molecule has 1 aromatic carbocycles. The largest absolute Gasteiger partial charge is 0.449 e. The van der Waals surface area contributed by atoms with Crippen LogP contribution < -0.4 is 0 Å². The van der Waals surface area contributed by atoms with Gasteiger partial charge in [0.25, 0.3) is 5.91 Å². The van der Waals surface area contributed by atoms with E-state index in [0.29, 0.717) is 22.5 Å². The van der Waals surface area contributed by atoms with E-state index in [0.717, 1.165) is 0 Å². The summed E-state index contributed by atoms with van der Waals surface area (Å²) in [6, 6.07) is 9.60. The summed E-state index contributed by atoms with van der Waals surface area (Å²) >= 11 is 0. The number of H-pyrrole nitrogens is 1. The fourth-order valence-corrected chi connectivity index (χ4v) is 2.80. The number of pyridine rings is 1. The van der Waals surface area contributed by atoms with Gasteiger partial charge in [-0.3, -0.25) is 9.78 Å². The number of alkyl halides is 3. The molecule has 6 nitrogen and oxygen atoms in total. The second kappa shape index (κ2) is 6.04. The lowest BCUT2D eigenvalue weighted by molar-refractivity contribution is -0.144. The van der Waals surface area contributed by atoms with Gasteiger partial charge in [-0.25, -0.2) is 9.67 Å². The Morgan fingerprint density at radius 1 is 1.19 bits per heavy atom. The number of imidazole rings is 1. The molecule has 136 valence electrons. The fraction of sp³-hybridized carbons (Fsp3) is 0.111. The SMILES string of the molecule is Cc1cc(-c2cccc3[nH]c(C(F)(F)F)nc23)nn1C(=O)c1cccnc1. The molecule has 4 aromatic rings. The van der Waals surface area contributed by atoms with Crippen LogP contribution >= 0.6 is 0 Å². The molecule has 0 bridgehead atoms. The van der Waals surface area contributed by atoms with Gasteiger partial charge in [-0.2, -0.15) is 18.3 Å². The summed E-state index contributed by atoms with van der Waals surface area (Å²) < 4.78 is 40.1. The Balaban J connectivity index is 1.81. The van der Waals surface area contributed by atoms with Crippen molar-refractivity contribution in [2.45, 2.75) is 13.1 Å². The summed E-state index contributed by atoms with van der Waals surface area (Å²) in [5.74, 6) is -1.45. The van der Waals surface area contributed by atoms with Crippen molar-refractivity contribution in [1.82, 2.24) is 24.7 Å². The van der Waals surface area contributed by atoms with Crippen LogP contribution in [0.2, 0.25) is 0 Å². The van der Waals surface area contributed by atoms with Gasteiger partial charge in [-0.1, -0.05) is 12.1 Å². The van der Waals surface area contributed by atoms with Crippen LogP contribution in [0.5, 0.6) is 0 Å². The molecule has 9 heteroatoms. The van der Waals surface area contributed by atoms with Crippen LogP contribution in [0, 0.1) is 6.92 Å². The topological polar surface area (TPSA) is 76.5 Å². The highest BCUT2D eigenvalue weighted by molar-refractivity contribution is 5.96. The van der Waals surface area contributed by atoms with Gasteiger partial charge in [0, 0.05) is 23.7 Å². The van der Waals surface area contributed by atoms with Crippen LogP contribution in [0.3, 0.4) is 0 Å². The smallest absolute Gasteiger partial charge is 0.334 e. The van der Waals surface area contributed by atoms with E-state index < -0.39 is 12.0 Å². The van der Waals surface area contributed by atoms with Crippen molar-refractivity contribution in [3.63, 3.8) is 0 Å². The molecule has 0 aliphatic carbocycles. The number of aromatic nitrogens is 5. The summed E-state index contributed by atoms with van der Waals surface area (Å²) in [4.78, 5) is 22.5. The molecule has 0 amide bonds. The Labute approximate surface area is 150 Å². The number of rotatable bonds is 2. The lowest BCUT2D eigenvalue weighted by atomic mass is 10.1. The van der Waals surface area contributed by atoms with E-state index in [1.165, 1.54) is 16.9 Å². The minimum Gasteiger partial charge on any atom is -0.334 e. The minimum atomic E-state index is -4.58. The number of halogens is 3. The van der Waals surface area contributed by atoms with Gasteiger partial charge in [-0.05, 0) is 31.2 Å². The van der Waals surface area contributed by atoms with E-state index >= 15 is 0 Å². The zero-order chi connectivity index (χ0) is 19.2. The minimum absolute atomic E-state index is 0.142. The highest BCUT2D eigenvalue weighted by Gasteiger charge is 2.35. The van der Waals surface area contributed by atoms with Gasteiger partial charge in [0.15, 0.2) is 0 Å². The van der Waals surface area contributed by atoms with Crippen LogP contribution in [0.15, 0.2) is 48.8 Å². The second-order valence-corrected chi connectivity index (χ2v) is 5.91. The van der Waals surface area contributed by atoms with Crippen molar-refractivity contribution in [3.05, 3.63) is 65.9 Å². The molecular weight excluding hydrogens is 359 g/mol. The second-order valence-electron chi connectivity index (χ2n) is 5.91. The monoisotopic (exact) mass is 371 g/mol. The van der Waals surface area contributed by atoms with Gasteiger partial charge in [0.05, 0.1) is 22.3 Å². The molecule has 4 rings (SSSR count). The number of aromatic amines is 1. The zero-order valence-corrected chi connectivity index (χ0v) is 13.9. The average Bonchev–Trinajstić information content (AvgIpc) is 3.25. The van der Waals surface area contributed by atoms with Crippen LogP contribution in [0.25, 0.3) is 22.3 Å². The third-order valence-electron chi connectivity index (χ3n) is 4.05. The van der Waals surface area contributed by atoms with Crippen LogP contribution in [-0.4, -0.2) is 30.6 Å². The molecule has 0 saturated heterocycles. The van der Waals surface area contributed by atoms with Crippen molar-refractivity contribution < 1.29 is 18.0 Å². The van der Waals surface area contributed by atoms with Gasteiger partial charge in [0.2, 0.25) is 5.82 Å². The van der Waals surface area contributed by atoms with E-state index in [-0.39, 0.29) is 16.9 Å². The molecule has 0 spiro atoms. The van der Waals surface area contributed by atoms with E-state index in [1.807, 2.05) is 0 Å². The number of para-hydroxylation sites is 1. The molecule has 3 aromatic heterocycles. The number of nitrogens with zero attached hydrogens (tertiary/aromatic N) is 4. The molecule has 0 saturated carbocycles. The number of hydrogen-bond donors (Lipinski definition) is 1. The number of aryl methyl sites for hydroxylation is 1. The predicted octanol–water partition coefficient (Wildman–Crippen LogP) is 3.84. The molecule has 0 atom stereocenters.